The van der Waals surface area contributed by atoms with Crippen molar-refractivity contribution in [3.8, 4) is 5.75 Å². The van der Waals surface area contributed by atoms with Crippen molar-refractivity contribution in [2.45, 2.75) is 26.7 Å². The summed E-state index contributed by atoms with van der Waals surface area (Å²) in [7, 11) is 1.48. The van der Waals surface area contributed by atoms with Crippen LogP contribution < -0.4 is 4.74 Å². The summed E-state index contributed by atoms with van der Waals surface area (Å²) in [5.74, 6) is 0.917. The molecule has 0 aliphatic heterocycles. The third kappa shape index (κ3) is 2.25. The number of halogens is 1. The van der Waals surface area contributed by atoms with E-state index in [-0.39, 0.29) is 5.82 Å². The van der Waals surface area contributed by atoms with Crippen LogP contribution in [0.3, 0.4) is 0 Å². The molecular weight excluding hydrogens is 179 g/mol. The van der Waals surface area contributed by atoms with E-state index in [9.17, 15) is 4.39 Å². The van der Waals surface area contributed by atoms with Crippen molar-refractivity contribution in [3.05, 3.63) is 29.6 Å². The molecular formula is C12H17FO. The fraction of sp³-hybridized carbons (Fsp3) is 0.500. The molecule has 1 aromatic carbocycles. The molecule has 0 saturated carbocycles. The van der Waals surface area contributed by atoms with Gasteiger partial charge in [0, 0.05) is 0 Å². The van der Waals surface area contributed by atoms with E-state index in [1.807, 2.05) is 6.07 Å². The molecule has 0 amide bonds. The lowest BCUT2D eigenvalue weighted by Crippen LogP contribution is -2.02. The molecule has 78 valence electrons. The highest BCUT2D eigenvalue weighted by Gasteiger charge is 2.12. The minimum Gasteiger partial charge on any atom is -0.494 e. The van der Waals surface area contributed by atoms with Crippen molar-refractivity contribution < 1.29 is 9.13 Å². The van der Waals surface area contributed by atoms with E-state index in [2.05, 4.69) is 20.8 Å². The van der Waals surface area contributed by atoms with Gasteiger partial charge in [0.15, 0.2) is 11.6 Å². The van der Waals surface area contributed by atoms with Crippen LogP contribution in [-0.2, 0) is 0 Å². The van der Waals surface area contributed by atoms with E-state index in [0.717, 1.165) is 5.56 Å². The largest absolute Gasteiger partial charge is 0.494 e. The Morgan fingerprint density at radius 3 is 2.29 bits per heavy atom. The number of ether oxygens (including phenoxy) is 1. The van der Waals surface area contributed by atoms with Crippen LogP contribution in [0.25, 0.3) is 0 Å². The Hall–Kier alpha value is -1.05. The molecule has 1 nitrogen and oxygen atoms in total. The predicted molar refractivity (Wildman–Crippen MR) is 56.2 cm³/mol. The Kier molecular flexibility index (Phi) is 3.50. The lowest BCUT2D eigenvalue weighted by atomic mass is 9.90. The van der Waals surface area contributed by atoms with Gasteiger partial charge in [-0.1, -0.05) is 26.8 Å². The Bertz CT molecular complexity index is 307. The fourth-order valence-corrected chi connectivity index (χ4v) is 1.35. The topological polar surface area (TPSA) is 9.23 Å². The zero-order valence-electron chi connectivity index (χ0n) is 9.17. The van der Waals surface area contributed by atoms with E-state index in [1.165, 1.54) is 7.11 Å². The molecule has 2 heteroatoms. The van der Waals surface area contributed by atoms with Gasteiger partial charge in [0.05, 0.1) is 7.11 Å². The summed E-state index contributed by atoms with van der Waals surface area (Å²) in [4.78, 5) is 0. The van der Waals surface area contributed by atoms with Crippen LogP contribution >= 0.6 is 0 Å². The summed E-state index contributed by atoms with van der Waals surface area (Å²) in [6.45, 7) is 6.37. The second kappa shape index (κ2) is 4.45. The van der Waals surface area contributed by atoms with Gasteiger partial charge in [-0.3, -0.25) is 0 Å². The van der Waals surface area contributed by atoms with Crippen molar-refractivity contribution in [2.24, 2.45) is 5.92 Å². The molecule has 0 radical (unpaired) electrons. The maximum atomic E-state index is 13.3. The second-order valence-corrected chi connectivity index (χ2v) is 3.93. The van der Waals surface area contributed by atoms with Gasteiger partial charge in [-0.05, 0) is 29.5 Å². The first-order chi connectivity index (χ1) is 6.56. The van der Waals surface area contributed by atoms with Gasteiger partial charge in [-0.15, -0.1) is 0 Å². The van der Waals surface area contributed by atoms with Crippen LogP contribution in [-0.4, -0.2) is 7.11 Å². The zero-order valence-corrected chi connectivity index (χ0v) is 9.17. The molecule has 1 unspecified atom stereocenters. The van der Waals surface area contributed by atoms with Gasteiger partial charge >= 0.3 is 0 Å². The zero-order chi connectivity index (χ0) is 10.7. The summed E-state index contributed by atoms with van der Waals surface area (Å²) in [5, 5.41) is 0. The highest BCUT2D eigenvalue weighted by Crippen LogP contribution is 2.27. The number of rotatable bonds is 3. The van der Waals surface area contributed by atoms with Crippen LogP contribution in [0.1, 0.15) is 32.3 Å². The minimum atomic E-state index is -0.280. The van der Waals surface area contributed by atoms with Gasteiger partial charge in [0.2, 0.25) is 0 Å². The first kappa shape index (κ1) is 11.0. The van der Waals surface area contributed by atoms with Gasteiger partial charge in [0.25, 0.3) is 0 Å². The van der Waals surface area contributed by atoms with Gasteiger partial charge in [-0.25, -0.2) is 4.39 Å². The predicted octanol–water partition coefficient (Wildman–Crippen LogP) is 3.59. The molecule has 1 rings (SSSR count). The van der Waals surface area contributed by atoms with Crippen molar-refractivity contribution in [2.75, 3.05) is 7.11 Å². The van der Waals surface area contributed by atoms with Crippen LogP contribution in [0, 0.1) is 11.7 Å². The van der Waals surface area contributed by atoms with E-state index >= 15 is 0 Å². The fourth-order valence-electron chi connectivity index (χ4n) is 1.35. The maximum Gasteiger partial charge on any atom is 0.165 e. The normalized spacial score (nSPS) is 13.0. The van der Waals surface area contributed by atoms with Crippen LogP contribution in [0.4, 0.5) is 4.39 Å². The molecule has 0 aromatic heterocycles. The van der Waals surface area contributed by atoms with Crippen LogP contribution in [0.15, 0.2) is 18.2 Å². The highest BCUT2D eigenvalue weighted by atomic mass is 19.1. The van der Waals surface area contributed by atoms with Crippen molar-refractivity contribution >= 4 is 0 Å². The minimum absolute atomic E-state index is 0.280. The first-order valence-corrected chi connectivity index (χ1v) is 4.89. The van der Waals surface area contributed by atoms with Crippen LogP contribution in [0.5, 0.6) is 5.75 Å². The number of benzene rings is 1. The third-order valence-corrected chi connectivity index (χ3v) is 2.70. The van der Waals surface area contributed by atoms with Crippen molar-refractivity contribution in [1.29, 1.82) is 0 Å². The van der Waals surface area contributed by atoms with E-state index in [0.29, 0.717) is 17.6 Å². The van der Waals surface area contributed by atoms with Gasteiger partial charge < -0.3 is 4.74 Å². The van der Waals surface area contributed by atoms with Crippen LogP contribution in [0.2, 0.25) is 0 Å². The molecule has 0 N–H and O–H groups in total. The third-order valence-electron chi connectivity index (χ3n) is 2.70. The monoisotopic (exact) mass is 196 g/mol. The summed E-state index contributed by atoms with van der Waals surface area (Å²) < 4.78 is 18.2. The molecule has 0 fully saturated rings. The lowest BCUT2D eigenvalue weighted by molar-refractivity contribution is 0.385. The lowest BCUT2D eigenvalue weighted by Gasteiger charge is -2.16. The molecule has 0 saturated heterocycles. The Balaban J connectivity index is 2.96. The van der Waals surface area contributed by atoms with E-state index < -0.39 is 0 Å². The molecule has 0 aliphatic rings. The summed E-state index contributed by atoms with van der Waals surface area (Å²) in [5.41, 5.74) is 1.03. The quantitative estimate of drug-likeness (QED) is 0.717. The average Bonchev–Trinajstić information content (AvgIpc) is 2.16. The van der Waals surface area contributed by atoms with Crippen molar-refractivity contribution in [3.63, 3.8) is 0 Å². The summed E-state index contributed by atoms with van der Waals surface area (Å²) >= 11 is 0. The maximum absolute atomic E-state index is 13.3. The highest BCUT2D eigenvalue weighted by molar-refractivity contribution is 5.31. The number of hydrogen-bond donors (Lipinski definition) is 0. The number of hydrogen-bond acceptors (Lipinski definition) is 1. The smallest absolute Gasteiger partial charge is 0.165 e. The Labute approximate surface area is 84.9 Å². The summed E-state index contributed by atoms with van der Waals surface area (Å²) in [6, 6.07) is 5.17. The Morgan fingerprint density at radius 2 is 1.86 bits per heavy atom. The molecule has 1 aromatic rings. The van der Waals surface area contributed by atoms with E-state index in [4.69, 9.17) is 4.74 Å². The van der Waals surface area contributed by atoms with Gasteiger partial charge in [-0.2, -0.15) is 0 Å². The molecule has 0 aliphatic carbocycles. The summed E-state index contributed by atoms with van der Waals surface area (Å²) in [6.07, 6.45) is 0. The molecule has 1 atom stereocenters. The molecule has 14 heavy (non-hydrogen) atoms. The average molecular weight is 196 g/mol. The Morgan fingerprint density at radius 1 is 1.21 bits per heavy atom. The second-order valence-electron chi connectivity index (χ2n) is 3.93. The van der Waals surface area contributed by atoms with Gasteiger partial charge in [0.1, 0.15) is 0 Å². The van der Waals surface area contributed by atoms with E-state index in [1.54, 1.807) is 12.1 Å². The van der Waals surface area contributed by atoms with Crippen molar-refractivity contribution in [1.82, 2.24) is 0 Å². The molecule has 0 bridgehead atoms. The number of methoxy groups -OCH3 is 1. The molecule has 0 spiro atoms. The SMILES string of the molecule is COc1ccc(C(C)C(C)C)cc1F. The standard InChI is InChI=1S/C12H17FO/c1-8(2)9(3)10-5-6-12(14-4)11(13)7-10/h5-9H,1-4H3. The first-order valence-electron chi connectivity index (χ1n) is 4.89. The molecule has 0 heterocycles.